The molecule has 1 saturated heterocycles. The molecule has 1 aliphatic rings. The fourth-order valence-electron chi connectivity index (χ4n) is 3.29. The van der Waals surface area contributed by atoms with E-state index in [1.807, 2.05) is 11.9 Å². The number of halogens is 1. The van der Waals surface area contributed by atoms with Crippen LogP contribution in [0, 0.1) is 22.9 Å². The number of piperazine rings is 1. The van der Waals surface area contributed by atoms with Crippen LogP contribution in [0.4, 0.5) is 10.1 Å². The zero-order chi connectivity index (χ0) is 20.6. The Morgan fingerprint density at radius 2 is 2.00 bits per heavy atom. The summed E-state index contributed by atoms with van der Waals surface area (Å²) in [4.78, 5) is 29.3. The van der Waals surface area contributed by atoms with Crippen LogP contribution in [-0.4, -0.2) is 66.5 Å². The van der Waals surface area contributed by atoms with Gasteiger partial charge in [-0.1, -0.05) is 0 Å². The Kier molecular flexibility index (Phi) is 5.52. The average molecular weight is 393 g/mol. The summed E-state index contributed by atoms with van der Waals surface area (Å²) < 4.78 is 15.4. The van der Waals surface area contributed by atoms with Crippen LogP contribution in [0.2, 0.25) is 0 Å². The van der Waals surface area contributed by atoms with Crippen molar-refractivity contribution in [3.05, 3.63) is 39.5 Å². The molecule has 2 aromatic rings. The lowest BCUT2D eigenvalue weighted by Gasteiger charge is -2.34. The number of nitrogens with one attached hydrogen (secondary N) is 1. The van der Waals surface area contributed by atoms with E-state index in [-0.39, 0.29) is 34.7 Å². The number of benzene rings is 1. The maximum atomic E-state index is 14.7. The second-order valence-corrected chi connectivity index (χ2v) is 7.16. The number of anilines is 1. The number of aliphatic hydroxyl groups is 1. The first-order chi connectivity index (χ1) is 13.2. The number of hydrogen-bond donors (Lipinski definition) is 2. The van der Waals surface area contributed by atoms with E-state index in [1.165, 1.54) is 13.0 Å². The highest BCUT2D eigenvalue weighted by atomic mass is 19.1. The van der Waals surface area contributed by atoms with Crippen molar-refractivity contribution >= 4 is 22.6 Å². The van der Waals surface area contributed by atoms with E-state index in [0.717, 1.165) is 19.2 Å². The Morgan fingerprint density at radius 3 is 2.61 bits per heavy atom. The number of fused-ring (bicyclic) bond motifs is 1. The molecule has 1 aromatic heterocycles. The Labute approximate surface area is 161 Å². The van der Waals surface area contributed by atoms with Gasteiger partial charge in [0.15, 0.2) is 0 Å². The van der Waals surface area contributed by atoms with Crippen molar-refractivity contribution in [2.24, 2.45) is 0 Å². The Morgan fingerprint density at radius 1 is 1.36 bits per heavy atom. The highest BCUT2D eigenvalue weighted by Gasteiger charge is 2.29. The van der Waals surface area contributed by atoms with Gasteiger partial charge >= 0.3 is 11.6 Å². The molecule has 152 valence electrons. The molecule has 1 fully saturated rings. The monoisotopic (exact) mass is 393 g/mol. The first-order valence-corrected chi connectivity index (χ1v) is 9.08. The molecule has 9 nitrogen and oxygen atoms in total. The molecule has 0 saturated carbocycles. The van der Waals surface area contributed by atoms with Crippen molar-refractivity contribution in [1.29, 1.82) is 0 Å². The van der Waals surface area contributed by atoms with Crippen LogP contribution in [0.5, 0.6) is 0 Å². The van der Waals surface area contributed by atoms with Gasteiger partial charge in [-0.05, 0) is 20.9 Å². The quantitative estimate of drug-likeness (QED) is 0.720. The SMILES string of the molecule is Cc1c(C(=O)NC(C)CO)[n+](=O)c2cc(N3CCN(C)CC3)c(F)cc2n1[O-]. The molecule has 28 heavy (non-hydrogen) atoms. The average Bonchev–Trinajstić information content (AvgIpc) is 2.66. The van der Waals surface area contributed by atoms with Crippen LogP contribution < -0.4 is 14.6 Å². The highest BCUT2D eigenvalue weighted by molar-refractivity contribution is 5.93. The van der Waals surface area contributed by atoms with E-state index in [9.17, 15) is 19.3 Å². The van der Waals surface area contributed by atoms with Crippen molar-refractivity contribution in [3.63, 3.8) is 0 Å². The Hall–Kier alpha value is -2.72. The molecule has 1 amide bonds. The number of nitrogens with zero attached hydrogens (tertiary/aromatic N) is 4. The lowest BCUT2D eigenvalue weighted by atomic mass is 10.2. The van der Waals surface area contributed by atoms with Gasteiger partial charge < -0.3 is 30.2 Å². The molecule has 1 unspecified atom stereocenters. The third-order valence-corrected chi connectivity index (χ3v) is 5.04. The molecule has 0 radical (unpaired) electrons. The third kappa shape index (κ3) is 3.52. The van der Waals surface area contributed by atoms with Gasteiger partial charge in [-0.2, -0.15) is 0 Å². The topological polar surface area (TPSA) is 107 Å². The molecule has 1 atom stereocenters. The number of carbonyl (C=O) groups is 1. The minimum atomic E-state index is -0.772. The number of likely N-dealkylation sites (N-methyl/N-ethyl adjacent to an activating group) is 1. The molecule has 0 spiro atoms. The second-order valence-electron chi connectivity index (χ2n) is 7.16. The van der Waals surface area contributed by atoms with Crippen molar-refractivity contribution in [2.45, 2.75) is 19.9 Å². The Balaban J connectivity index is 2.14. The van der Waals surface area contributed by atoms with Gasteiger partial charge in [0.05, 0.1) is 22.4 Å². The van der Waals surface area contributed by atoms with Crippen LogP contribution >= 0.6 is 0 Å². The van der Waals surface area contributed by atoms with Crippen LogP contribution in [0.25, 0.3) is 11.0 Å². The summed E-state index contributed by atoms with van der Waals surface area (Å²) in [5.41, 5.74) is -0.521. The summed E-state index contributed by atoms with van der Waals surface area (Å²) in [6.45, 7) is 5.24. The van der Waals surface area contributed by atoms with Crippen molar-refractivity contribution in [2.75, 3.05) is 44.7 Å². The number of hydrogen-bond acceptors (Lipinski definition) is 6. The van der Waals surface area contributed by atoms with Gasteiger partial charge in [0.25, 0.3) is 5.52 Å². The zero-order valence-corrected chi connectivity index (χ0v) is 16.1. The van der Waals surface area contributed by atoms with E-state index < -0.39 is 17.8 Å². The first kappa shape index (κ1) is 20.0. The van der Waals surface area contributed by atoms with E-state index in [2.05, 4.69) is 10.2 Å². The Bertz CT molecular complexity index is 969. The van der Waals surface area contributed by atoms with Crippen molar-refractivity contribution in [1.82, 2.24) is 14.9 Å². The fourth-order valence-corrected chi connectivity index (χ4v) is 3.29. The molecule has 1 aromatic carbocycles. The molecule has 2 heterocycles. The molecule has 1 aliphatic heterocycles. The summed E-state index contributed by atoms with van der Waals surface area (Å²) in [5.74, 6) is -1.36. The van der Waals surface area contributed by atoms with Gasteiger partial charge in [0.2, 0.25) is 0 Å². The number of amides is 1. The lowest BCUT2D eigenvalue weighted by molar-refractivity contribution is -0.468. The van der Waals surface area contributed by atoms with E-state index in [0.29, 0.717) is 22.2 Å². The molecule has 2 N–H and O–H groups in total. The van der Waals surface area contributed by atoms with Crippen LogP contribution in [-0.2, 0) is 0 Å². The lowest BCUT2D eigenvalue weighted by Crippen LogP contribution is -2.45. The maximum Gasteiger partial charge on any atom is 0.346 e. The predicted octanol–water partition coefficient (Wildman–Crippen LogP) is 0.212. The normalized spacial score (nSPS) is 16.4. The van der Waals surface area contributed by atoms with Crippen molar-refractivity contribution < 1.29 is 18.7 Å². The van der Waals surface area contributed by atoms with Gasteiger partial charge in [-0.15, -0.1) is 0 Å². The highest BCUT2D eigenvalue weighted by Crippen LogP contribution is 2.26. The van der Waals surface area contributed by atoms with Gasteiger partial charge in [-0.25, -0.2) is 4.39 Å². The van der Waals surface area contributed by atoms with Gasteiger partial charge in [0.1, 0.15) is 11.3 Å². The van der Waals surface area contributed by atoms with Gasteiger partial charge in [0, 0.05) is 49.3 Å². The predicted molar refractivity (Wildman–Crippen MR) is 102 cm³/mol. The van der Waals surface area contributed by atoms with E-state index >= 15 is 0 Å². The van der Waals surface area contributed by atoms with Gasteiger partial charge in [-0.3, -0.25) is 4.79 Å². The largest absolute Gasteiger partial charge is 0.805 e. The smallest absolute Gasteiger partial charge is 0.346 e. The standard InChI is InChI=1S/C18H24FN5O4/c1-11(10-25)20-18(26)17-12(2)23(27)15-8-13(19)14(9-16(15)24(17)28)22-6-4-21(3)5-7-22/h8-9,11,25H,4-7,10H2,1-3H3,(H,20,26). The van der Waals surface area contributed by atoms with E-state index in [1.54, 1.807) is 6.92 Å². The third-order valence-electron chi connectivity index (χ3n) is 5.04. The van der Waals surface area contributed by atoms with Crippen LogP contribution in [0.3, 0.4) is 0 Å². The molecule has 3 rings (SSSR count). The summed E-state index contributed by atoms with van der Waals surface area (Å²) in [6.07, 6.45) is 0. The summed E-state index contributed by atoms with van der Waals surface area (Å²) in [6, 6.07) is 1.77. The first-order valence-electron chi connectivity index (χ1n) is 9.08. The number of aromatic nitrogens is 2. The van der Waals surface area contributed by atoms with Crippen LogP contribution in [0.1, 0.15) is 23.1 Å². The fraction of sp³-hybridized carbons (Fsp3) is 0.500. The number of aliphatic hydroxyl groups excluding tert-OH is 1. The van der Waals surface area contributed by atoms with Crippen LogP contribution in [0.15, 0.2) is 12.1 Å². The summed E-state index contributed by atoms with van der Waals surface area (Å²) in [5, 5.41) is 24.2. The molecule has 0 bridgehead atoms. The molecule has 10 heteroatoms. The minimum absolute atomic E-state index is 0.0854. The minimum Gasteiger partial charge on any atom is -0.805 e. The molecular weight excluding hydrogens is 369 g/mol. The zero-order valence-electron chi connectivity index (χ0n) is 16.1. The second kappa shape index (κ2) is 7.72. The number of rotatable bonds is 4. The maximum absolute atomic E-state index is 14.7. The molecular formula is C18H24FN5O4. The summed E-state index contributed by atoms with van der Waals surface area (Å²) in [7, 11) is 1.97. The molecule has 0 aliphatic carbocycles. The number of carbonyl (C=O) groups excluding carboxylic acids is 1. The van der Waals surface area contributed by atoms with Crippen molar-refractivity contribution in [3.8, 4) is 0 Å². The summed E-state index contributed by atoms with van der Waals surface area (Å²) >= 11 is 0. The van der Waals surface area contributed by atoms with E-state index in [4.69, 9.17) is 5.11 Å².